The predicted octanol–water partition coefficient (Wildman–Crippen LogP) is 1.56. The van der Waals surface area contributed by atoms with Gasteiger partial charge in [0.05, 0.1) is 42.9 Å². The average Bonchev–Trinajstić information content (AvgIpc) is 3.32. The number of methoxy groups -OCH3 is 1. The molecule has 0 spiro atoms. The number of fused-ring (bicyclic) bond motifs is 3. The summed E-state index contributed by atoms with van der Waals surface area (Å²) in [4.78, 5) is 13.5. The summed E-state index contributed by atoms with van der Waals surface area (Å²) in [5, 5.41) is 32.2. The molecule has 4 heterocycles. The minimum atomic E-state index is -1.10. The molecule has 0 radical (unpaired) electrons. The number of rotatable bonds is 3. The van der Waals surface area contributed by atoms with Crippen molar-refractivity contribution in [2.24, 2.45) is 23.2 Å². The first-order chi connectivity index (χ1) is 18.0. The maximum Gasteiger partial charge on any atom is 0.309 e. The summed E-state index contributed by atoms with van der Waals surface area (Å²) >= 11 is 0. The molecule has 4 fully saturated rings. The second-order valence-corrected chi connectivity index (χ2v) is 12.2. The number of carbonyl (C=O) groups excluding carboxylic acids is 1. The molecule has 0 aromatic rings. The fraction of sp³-hybridized carbons (Fsp3) is 0.821. The highest BCUT2D eigenvalue weighted by Crippen LogP contribution is 2.57. The van der Waals surface area contributed by atoms with E-state index in [-0.39, 0.29) is 30.3 Å². The van der Waals surface area contributed by atoms with Crippen molar-refractivity contribution in [3.05, 3.63) is 23.3 Å². The van der Waals surface area contributed by atoms with Gasteiger partial charge in [-0.2, -0.15) is 0 Å². The second kappa shape index (κ2) is 9.62. The first-order valence-corrected chi connectivity index (χ1v) is 13.8. The van der Waals surface area contributed by atoms with Crippen molar-refractivity contribution in [1.82, 2.24) is 0 Å². The van der Waals surface area contributed by atoms with Crippen LogP contribution in [-0.4, -0.2) is 90.0 Å². The molecule has 10 nitrogen and oxygen atoms in total. The van der Waals surface area contributed by atoms with Gasteiger partial charge >= 0.3 is 5.97 Å². The first-order valence-electron chi connectivity index (χ1n) is 13.8. The lowest BCUT2D eigenvalue weighted by Gasteiger charge is -2.52. The van der Waals surface area contributed by atoms with E-state index < -0.39 is 60.4 Å². The van der Waals surface area contributed by atoms with E-state index in [1.165, 1.54) is 0 Å². The van der Waals surface area contributed by atoms with E-state index in [9.17, 15) is 20.1 Å². The predicted molar refractivity (Wildman–Crippen MR) is 131 cm³/mol. The summed E-state index contributed by atoms with van der Waals surface area (Å²) in [6.07, 6.45) is 1.53. The molecule has 10 heteroatoms. The van der Waals surface area contributed by atoms with E-state index in [4.69, 9.17) is 28.4 Å². The number of hydrogen-bond donors (Lipinski definition) is 3. The lowest BCUT2D eigenvalue weighted by atomic mass is 9.55. The van der Waals surface area contributed by atoms with Gasteiger partial charge in [0, 0.05) is 13.5 Å². The van der Waals surface area contributed by atoms with Gasteiger partial charge < -0.3 is 43.7 Å². The molecule has 0 aromatic carbocycles. The zero-order valence-corrected chi connectivity index (χ0v) is 22.4. The zero-order chi connectivity index (χ0) is 27.0. The van der Waals surface area contributed by atoms with Crippen LogP contribution in [-0.2, 0) is 33.2 Å². The van der Waals surface area contributed by atoms with Crippen molar-refractivity contribution in [2.45, 2.75) is 108 Å². The Labute approximate surface area is 222 Å². The first kappa shape index (κ1) is 26.8. The molecule has 2 aliphatic carbocycles. The van der Waals surface area contributed by atoms with E-state index >= 15 is 0 Å². The molecule has 0 bridgehead atoms. The van der Waals surface area contributed by atoms with Crippen LogP contribution < -0.4 is 0 Å². The number of esters is 1. The Morgan fingerprint density at radius 3 is 2.66 bits per heavy atom. The van der Waals surface area contributed by atoms with Gasteiger partial charge in [-0.3, -0.25) is 4.79 Å². The second-order valence-electron chi connectivity index (χ2n) is 12.2. The van der Waals surface area contributed by atoms with E-state index in [0.717, 1.165) is 5.57 Å². The summed E-state index contributed by atoms with van der Waals surface area (Å²) < 4.78 is 35.1. The molecule has 4 unspecified atom stereocenters. The highest BCUT2D eigenvalue weighted by molar-refractivity contribution is 5.74. The fourth-order valence-electron chi connectivity index (χ4n) is 7.88. The lowest BCUT2D eigenvalue weighted by molar-refractivity contribution is -0.275. The maximum atomic E-state index is 13.5. The summed E-state index contributed by atoms with van der Waals surface area (Å²) in [6.45, 7) is 5.91. The molecule has 3 N–H and O–H groups in total. The smallest absolute Gasteiger partial charge is 0.309 e. The Kier molecular flexibility index (Phi) is 6.80. The van der Waals surface area contributed by atoms with Crippen molar-refractivity contribution in [1.29, 1.82) is 0 Å². The molecular weight excluding hydrogens is 496 g/mol. The quantitative estimate of drug-likeness (QED) is 0.360. The molecule has 0 aromatic heterocycles. The summed E-state index contributed by atoms with van der Waals surface area (Å²) in [6, 6.07) is 0. The van der Waals surface area contributed by atoms with Crippen LogP contribution in [0.1, 0.15) is 52.9 Å². The Bertz CT molecular complexity index is 1010. The average molecular weight is 537 g/mol. The van der Waals surface area contributed by atoms with Gasteiger partial charge in [-0.1, -0.05) is 24.6 Å². The van der Waals surface area contributed by atoms with Crippen LogP contribution in [0.5, 0.6) is 0 Å². The van der Waals surface area contributed by atoms with Gasteiger partial charge in [0.2, 0.25) is 0 Å². The van der Waals surface area contributed by atoms with Crippen molar-refractivity contribution in [3.8, 4) is 0 Å². The van der Waals surface area contributed by atoms with E-state index in [1.54, 1.807) is 21.0 Å². The van der Waals surface area contributed by atoms with Gasteiger partial charge in [-0.25, -0.2) is 0 Å². The van der Waals surface area contributed by atoms with Gasteiger partial charge in [0.25, 0.3) is 0 Å². The Hall–Kier alpha value is -1.37. The highest BCUT2D eigenvalue weighted by Gasteiger charge is 2.60. The largest absolute Gasteiger partial charge is 0.459 e. The SMILES string of the molecule is CO[C@@H]1C[C@H](O[C@@H]2CC3=CCC4C(=O)OC5CO[C@]6(C)O[C@H](O)/C(=C/CC4[C@@]3(C)C[C@@H]2O)C56)O[C@H](C)[C@H]1O. The number of ether oxygens (including phenoxy) is 6. The number of hydrogen-bond acceptors (Lipinski definition) is 10. The Balaban J connectivity index is 1.24. The fourth-order valence-corrected chi connectivity index (χ4v) is 7.88. The minimum absolute atomic E-state index is 0.115. The normalized spacial score (nSPS) is 53.8. The van der Waals surface area contributed by atoms with E-state index in [1.807, 2.05) is 6.08 Å². The number of aliphatic hydroxyl groups is 3. The van der Waals surface area contributed by atoms with Gasteiger partial charge in [0.1, 0.15) is 12.2 Å². The molecular formula is C28H40O10. The third-order valence-corrected chi connectivity index (χ3v) is 10.1. The molecule has 38 heavy (non-hydrogen) atoms. The third-order valence-electron chi connectivity index (χ3n) is 10.1. The zero-order valence-electron chi connectivity index (χ0n) is 22.4. The van der Waals surface area contributed by atoms with Crippen molar-refractivity contribution in [2.75, 3.05) is 13.7 Å². The Morgan fingerprint density at radius 1 is 1.11 bits per heavy atom. The van der Waals surface area contributed by atoms with Crippen LogP contribution >= 0.6 is 0 Å². The molecule has 0 amide bonds. The third kappa shape index (κ3) is 4.19. The van der Waals surface area contributed by atoms with Gasteiger partial charge in [-0.15, -0.1) is 0 Å². The standard InChI is InChI=1S/C28H40O10/c1-13-24(30)20(33-4)10-22(35-13)36-19-9-14-5-6-15-17(27(14,2)11-18(19)29)8-7-16-23-21(37-25(15)31)12-34-28(23,3)38-26(16)32/h5,7,13,15,17-24,26,29-30,32H,6,8-12H2,1-4H3/b16-7+/t13-,15?,17?,18+,19-,20-,21?,22+,23?,24-,26+,27+,28-/m1/s1. The van der Waals surface area contributed by atoms with Crippen LogP contribution in [0.4, 0.5) is 0 Å². The summed E-state index contributed by atoms with van der Waals surface area (Å²) in [7, 11) is 1.56. The number of aliphatic hydroxyl groups excluding tert-OH is 3. The van der Waals surface area contributed by atoms with Gasteiger partial charge in [-0.05, 0) is 56.4 Å². The maximum absolute atomic E-state index is 13.5. The van der Waals surface area contributed by atoms with E-state index in [0.29, 0.717) is 37.7 Å². The monoisotopic (exact) mass is 536 g/mol. The highest BCUT2D eigenvalue weighted by atomic mass is 16.8. The molecule has 3 saturated heterocycles. The van der Waals surface area contributed by atoms with Crippen LogP contribution in [0, 0.1) is 23.2 Å². The van der Waals surface area contributed by atoms with Crippen LogP contribution in [0.3, 0.4) is 0 Å². The summed E-state index contributed by atoms with van der Waals surface area (Å²) in [5.74, 6) is -2.09. The molecule has 6 aliphatic rings. The topological polar surface area (TPSA) is 133 Å². The van der Waals surface area contributed by atoms with Crippen molar-refractivity contribution < 1.29 is 48.5 Å². The van der Waals surface area contributed by atoms with E-state index in [2.05, 4.69) is 13.0 Å². The molecule has 4 aliphatic heterocycles. The molecule has 1 saturated carbocycles. The Morgan fingerprint density at radius 2 is 1.89 bits per heavy atom. The summed E-state index contributed by atoms with van der Waals surface area (Å²) in [5.41, 5.74) is 1.41. The molecule has 212 valence electrons. The molecule has 13 atom stereocenters. The minimum Gasteiger partial charge on any atom is -0.459 e. The van der Waals surface area contributed by atoms with Gasteiger partial charge in [0.15, 0.2) is 18.4 Å². The van der Waals surface area contributed by atoms with Crippen LogP contribution in [0.15, 0.2) is 23.3 Å². The van der Waals surface area contributed by atoms with Crippen molar-refractivity contribution >= 4 is 5.97 Å². The lowest BCUT2D eigenvalue weighted by Crippen LogP contribution is -2.53. The van der Waals surface area contributed by atoms with Crippen molar-refractivity contribution in [3.63, 3.8) is 0 Å². The van der Waals surface area contributed by atoms with Crippen LogP contribution in [0.2, 0.25) is 0 Å². The number of allylic oxidation sites excluding steroid dienone is 2. The molecule has 6 rings (SSSR count). The van der Waals surface area contributed by atoms with Crippen LogP contribution in [0.25, 0.3) is 0 Å². The number of carbonyl (C=O) groups is 1.